The highest BCUT2D eigenvalue weighted by molar-refractivity contribution is 5.69. The number of ether oxygens (including phenoxy) is 2. The van der Waals surface area contributed by atoms with E-state index in [1.807, 2.05) is 30.3 Å². The molecule has 2 heterocycles. The summed E-state index contributed by atoms with van der Waals surface area (Å²) in [6, 6.07) is 9.34. The molecule has 1 fully saturated rings. The zero-order valence-corrected chi connectivity index (χ0v) is 18.1. The van der Waals surface area contributed by atoms with Gasteiger partial charge in [0.1, 0.15) is 12.2 Å². The van der Waals surface area contributed by atoms with E-state index in [1.54, 1.807) is 25.7 Å². The van der Waals surface area contributed by atoms with Crippen molar-refractivity contribution in [2.24, 2.45) is 0 Å². The predicted molar refractivity (Wildman–Crippen MR) is 111 cm³/mol. The minimum absolute atomic E-state index is 0.0547. The zero-order chi connectivity index (χ0) is 22.6. The number of carbonyl (C=O) groups excluding carboxylic acids is 2. The highest BCUT2D eigenvalue weighted by atomic mass is 19.3. The Labute approximate surface area is 181 Å². The molecule has 7 nitrogen and oxygen atoms in total. The number of halogens is 2. The quantitative estimate of drug-likeness (QED) is 0.722. The molecule has 0 N–H and O–H groups in total. The van der Waals surface area contributed by atoms with Crippen molar-refractivity contribution in [1.82, 2.24) is 14.7 Å². The standard InChI is InChI=1S/C22H29F2N3O4/c1-21(2,3)31-20(29)27-10-9-18(22(23,24)16-27)25-11-13-26(14-12-25)19(28)30-15-17-7-5-4-6-8-17/h4-9H,10-16H2,1-3H3. The molecule has 0 radical (unpaired) electrons. The molecule has 0 saturated carbocycles. The molecule has 0 spiro atoms. The first-order chi connectivity index (χ1) is 14.5. The summed E-state index contributed by atoms with van der Waals surface area (Å²) in [5.74, 6) is -3.19. The average molecular weight is 437 g/mol. The third-order valence-corrected chi connectivity index (χ3v) is 5.00. The molecule has 2 aliphatic rings. The number of amides is 2. The Hall–Kier alpha value is -2.84. The fourth-order valence-electron chi connectivity index (χ4n) is 3.50. The molecule has 2 amide bonds. The summed E-state index contributed by atoms with van der Waals surface area (Å²) in [5, 5.41) is 0. The summed E-state index contributed by atoms with van der Waals surface area (Å²) in [7, 11) is 0. The third kappa shape index (κ3) is 6.08. The highest BCUT2D eigenvalue weighted by Crippen LogP contribution is 2.32. The number of piperazine rings is 1. The molecule has 3 rings (SSSR count). The van der Waals surface area contributed by atoms with Gasteiger partial charge in [0.2, 0.25) is 0 Å². The highest BCUT2D eigenvalue weighted by Gasteiger charge is 2.44. The lowest BCUT2D eigenvalue weighted by molar-refractivity contribution is -0.0436. The Kier molecular flexibility index (Phi) is 6.71. The molecule has 2 aliphatic heterocycles. The van der Waals surface area contributed by atoms with Crippen molar-refractivity contribution >= 4 is 12.2 Å². The number of rotatable bonds is 3. The van der Waals surface area contributed by atoms with Gasteiger partial charge in [-0.05, 0) is 32.4 Å². The second kappa shape index (κ2) is 9.11. The fourth-order valence-corrected chi connectivity index (χ4v) is 3.50. The van der Waals surface area contributed by atoms with E-state index in [9.17, 15) is 18.4 Å². The molecule has 1 aromatic carbocycles. The predicted octanol–water partition coefficient (Wildman–Crippen LogP) is 3.71. The molecule has 1 saturated heterocycles. The second-order valence-corrected chi connectivity index (χ2v) is 8.67. The molecule has 0 aromatic heterocycles. The van der Waals surface area contributed by atoms with Gasteiger partial charge >= 0.3 is 18.1 Å². The van der Waals surface area contributed by atoms with Crippen LogP contribution in [0.3, 0.4) is 0 Å². The van der Waals surface area contributed by atoms with E-state index < -0.39 is 30.3 Å². The van der Waals surface area contributed by atoms with Gasteiger partial charge in [0.05, 0.1) is 12.2 Å². The van der Waals surface area contributed by atoms with Crippen molar-refractivity contribution < 1.29 is 27.8 Å². The van der Waals surface area contributed by atoms with Crippen molar-refractivity contribution in [3.05, 3.63) is 47.7 Å². The topological polar surface area (TPSA) is 62.3 Å². The van der Waals surface area contributed by atoms with E-state index in [2.05, 4.69) is 0 Å². The number of carbonyl (C=O) groups is 2. The lowest BCUT2D eigenvalue weighted by Gasteiger charge is -2.42. The SMILES string of the molecule is CC(C)(C)OC(=O)N1CC=C(N2CCN(C(=O)OCc3ccccc3)CC2)C(F)(F)C1. The first kappa shape index (κ1) is 22.8. The van der Waals surface area contributed by atoms with Crippen molar-refractivity contribution in [3.63, 3.8) is 0 Å². The Morgan fingerprint density at radius 3 is 2.23 bits per heavy atom. The maximum absolute atomic E-state index is 14.8. The Bertz CT molecular complexity index is 816. The van der Waals surface area contributed by atoms with E-state index in [4.69, 9.17) is 9.47 Å². The molecule has 0 atom stereocenters. The monoisotopic (exact) mass is 437 g/mol. The van der Waals surface area contributed by atoms with Crippen LogP contribution in [-0.4, -0.2) is 77.7 Å². The number of hydrogen-bond donors (Lipinski definition) is 0. The molecule has 1 aromatic rings. The lowest BCUT2D eigenvalue weighted by Crippen LogP contribution is -2.55. The van der Waals surface area contributed by atoms with E-state index in [0.717, 1.165) is 10.5 Å². The van der Waals surface area contributed by atoms with Gasteiger partial charge in [-0.2, -0.15) is 8.78 Å². The summed E-state index contributed by atoms with van der Waals surface area (Å²) in [6.07, 6.45) is 0.161. The minimum Gasteiger partial charge on any atom is -0.445 e. The summed E-state index contributed by atoms with van der Waals surface area (Å²) >= 11 is 0. The van der Waals surface area contributed by atoms with Crippen molar-refractivity contribution in [1.29, 1.82) is 0 Å². The summed E-state index contributed by atoms with van der Waals surface area (Å²) in [5.41, 5.74) is 0.0302. The summed E-state index contributed by atoms with van der Waals surface area (Å²) in [4.78, 5) is 28.5. The van der Waals surface area contributed by atoms with Gasteiger partial charge in [-0.15, -0.1) is 0 Å². The summed E-state index contributed by atoms with van der Waals surface area (Å²) < 4.78 is 40.1. The van der Waals surface area contributed by atoms with Crippen LogP contribution >= 0.6 is 0 Å². The van der Waals surface area contributed by atoms with Crippen molar-refractivity contribution in [3.8, 4) is 0 Å². The van der Waals surface area contributed by atoms with Crippen molar-refractivity contribution in [2.75, 3.05) is 39.3 Å². The lowest BCUT2D eigenvalue weighted by atomic mass is 10.1. The van der Waals surface area contributed by atoms with Crippen LogP contribution in [-0.2, 0) is 16.1 Å². The minimum atomic E-state index is -3.19. The molecule has 170 valence electrons. The van der Waals surface area contributed by atoms with E-state index >= 15 is 0 Å². The molecule has 0 bridgehead atoms. The molecule has 9 heteroatoms. The largest absolute Gasteiger partial charge is 0.445 e. The second-order valence-electron chi connectivity index (χ2n) is 8.67. The molecule has 0 unspecified atom stereocenters. The van der Waals surface area contributed by atoms with Gasteiger partial charge in [-0.3, -0.25) is 4.90 Å². The number of benzene rings is 1. The van der Waals surface area contributed by atoms with Crippen LogP contribution < -0.4 is 0 Å². The maximum atomic E-state index is 14.8. The molecule has 0 aliphatic carbocycles. The van der Waals surface area contributed by atoms with Gasteiger partial charge in [0, 0.05) is 32.7 Å². The Morgan fingerprint density at radius 2 is 1.65 bits per heavy atom. The third-order valence-electron chi connectivity index (χ3n) is 5.00. The number of nitrogens with zero attached hydrogens (tertiary/aromatic N) is 3. The number of hydrogen-bond acceptors (Lipinski definition) is 5. The van der Waals surface area contributed by atoms with Gasteiger partial charge in [-0.1, -0.05) is 30.3 Å². The van der Waals surface area contributed by atoms with E-state index in [-0.39, 0.29) is 45.0 Å². The Balaban J connectivity index is 1.52. The molecular weight excluding hydrogens is 408 g/mol. The van der Waals surface area contributed by atoms with Crippen LogP contribution in [0.25, 0.3) is 0 Å². The first-order valence-corrected chi connectivity index (χ1v) is 10.3. The summed E-state index contributed by atoms with van der Waals surface area (Å²) in [6.45, 7) is 5.70. The van der Waals surface area contributed by atoms with Crippen LogP contribution in [0.4, 0.5) is 18.4 Å². The van der Waals surface area contributed by atoms with Gasteiger partial charge in [-0.25, -0.2) is 9.59 Å². The van der Waals surface area contributed by atoms with E-state index in [1.165, 1.54) is 11.0 Å². The van der Waals surface area contributed by atoms with Crippen molar-refractivity contribution in [2.45, 2.75) is 38.9 Å². The van der Waals surface area contributed by atoms with Gasteiger partial charge < -0.3 is 19.3 Å². The van der Waals surface area contributed by atoms with Crippen LogP contribution in [0, 0.1) is 0 Å². The van der Waals surface area contributed by atoms with Gasteiger partial charge in [0.25, 0.3) is 0 Å². The van der Waals surface area contributed by atoms with E-state index in [0.29, 0.717) is 0 Å². The smallest absolute Gasteiger partial charge is 0.410 e. The van der Waals surface area contributed by atoms with Crippen LogP contribution in [0.2, 0.25) is 0 Å². The van der Waals surface area contributed by atoms with Crippen LogP contribution in [0.15, 0.2) is 42.1 Å². The number of alkyl halides is 2. The van der Waals surface area contributed by atoms with Crippen LogP contribution in [0.1, 0.15) is 26.3 Å². The first-order valence-electron chi connectivity index (χ1n) is 10.3. The van der Waals surface area contributed by atoms with Crippen LogP contribution in [0.5, 0.6) is 0 Å². The normalized spacial score (nSPS) is 19.0. The molecular formula is C22H29F2N3O4. The molecule has 31 heavy (non-hydrogen) atoms. The van der Waals surface area contributed by atoms with Gasteiger partial charge in [0.15, 0.2) is 0 Å². The fraction of sp³-hybridized carbons (Fsp3) is 0.545. The Morgan fingerprint density at radius 1 is 1.00 bits per heavy atom. The zero-order valence-electron chi connectivity index (χ0n) is 18.1. The average Bonchev–Trinajstić information content (AvgIpc) is 2.71. The maximum Gasteiger partial charge on any atom is 0.410 e.